The number of nitrogens with zero attached hydrogens (tertiary/aromatic N) is 4. The van der Waals surface area contributed by atoms with Crippen molar-refractivity contribution in [2.75, 3.05) is 5.01 Å². The zero-order chi connectivity index (χ0) is 10.5. The molecule has 0 saturated carbocycles. The molecule has 7 heteroatoms. The molecule has 1 atom stereocenters. The molecule has 1 aromatic rings. The highest BCUT2D eigenvalue weighted by Gasteiger charge is 2.37. The monoisotopic (exact) mass is 223 g/mol. The topological polar surface area (TPSA) is 73.1 Å². The summed E-state index contributed by atoms with van der Waals surface area (Å²) in [5, 5.41) is 17.4. The van der Waals surface area contributed by atoms with Crippen LogP contribution in [0.4, 0.5) is 5.69 Å². The summed E-state index contributed by atoms with van der Waals surface area (Å²) in [5.41, 5.74) is 3.85. The fraction of sp³-hybridized carbons (Fsp3) is 0.125. The summed E-state index contributed by atoms with van der Waals surface area (Å²) in [7, 11) is 0. The lowest BCUT2D eigenvalue weighted by Crippen LogP contribution is -2.35. The molecule has 0 radical (unpaired) electrons. The fourth-order valence-electron chi connectivity index (χ4n) is 1.59. The summed E-state index contributed by atoms with van der Waals surface area (Å²) < 4.78 is 0. The van der Waals surface area contributed by atoms with Crippen LogP contribution in [0.25, 0.3) is 0 Å². The Hall–Kier alpha value is -1.66. The molecule has 0 spiro atoms. The SMILES string of the molecule is OC1(Cl)C=C2N=NNN2c2cnccc21. The van der Waals surface area contributed by atoms with Crippen molar-refractivity contribution in [2.45, 2.75) is 5.06 Å². The van der Waals surface area contributed by atoms with Crippen molar-refractivity contribution in [3.05, 3.63) is 35.9 Å². The molecule has 0 aromatic carbocycles. The number of halogens is 1. The Bertz CT molecular complexity index is 484. The maximum atomic E-state index is 9.98. The van der Waals surface area contributed by atoms with Crippen LogP contribution in [0, 0.1) is 0 Å². The van der Waals surface area contributed by atoms with Crippen molar-refractivity contribution in [1.82, 2.24) is 10.5 Å². The van der Waals surface area contributed by atoms with Gasteiger partial charge in [0.15, 0.2) is 10.9 Å². The highest BCUT2D eigenvalue weighted by Crippen LogP contribution is 2.41. The minimum absolute atomic E-state index is 0.452. The van der Waals surface area contributed by atoms with Gasteiger partial charge < -0.3 is 5.11 Å². The van der Waals surface area contributed by atoms with E-state index in [1.54, 1.807) is 23.5 Å². The fourth-order valence-corrected chi connectivity index (χ4v) is 1.85. The first kappa shape index (κ1) is 8.63. The van der Waals surface area contributed by atoms with Crippen LogP contribution >= 0.6 is 11.6 Å². The number of fused-ring (bicyclic) bond motifs is 3. The van der Waals surface area contributed by atoms with E-state index in [1.807, 2.05) is 0 Å². The second-order valence-electron chi connectivity index (χ2n) is 3.20. The standard InChI is InChI=1S/C8H6ClN5O/c9-8(15)3-7-11-12-13-14(7)6-4-10-2-1-5(6)8/h1-4,15H,(H,11,13). The molecule has 2 aliphatic rings. The quantitative estimate of drug-likeness (QED) is 0.644. The van der Waals surface area contributed by atoms with Gasteiger partial charge in [-0.05, 0) is 6.07 Å². The smallest absolute Gasteiger partial charge is 0.189 e. The third-order valence-corrected chi connectivity index (χ3v) is 2.58. The molecule has 2 N–H and O–H groups in total. The minimum Gasteiger partial charge on any atom is -0.368 e. The Kier molecular flexibility index (Phi) is 1.54. The Morgan fingerprint density at radius 2 is 2.40 bits per heavy atom. The van der Waals surface area contributed by atoms with Gasteiger partial charge in [0.2, 0.25) is 0 Å². The number of hydrazine groups is 1. The second-order valence-corrected chi connectivity index (χ2v) is 3.78. The minimum atomic E-state index is -1.56. The molecule has 3 rings (SSSR count). The Labute approximate surface area is 89.8 Å². The molecule has 0 saturated heterocycles. The van der Waals surface area contributed by atoms with Crippen LogP contribution < -0.4 is 10.5 Å². The molecule has 1 unspecified atom stereocenters. The lowest BCUT2D eigenvalue weighted by atomic mass is 10.1. The molecule has 3 heterocycles. The number of alkyl halides is 1. The number of pyridine rings is 1. The summed E-state index contributed by atoms with van der Waals surface area (Å²) in [6.45, 7) is 0. The molecule has 0 fully saturated rings. The van der Waals surface area contributed by atoms with E-state index in [0.717, 1.165) is 0 Å². The molecule has 0 aliphatic carbocycles. The third-order valence-electron chi connectivity index (χ3n) is 2.27. The van der Waals surface area contributed by atoms with Gasteiger partial charge in [0.25, 0.3) is 0 Å². The highest BCUT2D eigenvalue weighted by molar-refractivity contribution is 6.24. The van der Waals surface area contributed by atoms with Gasteiger partial charge in [0.05, 0.1) is 11.9 Å². The summed E-state index contributed by atoms with van der Waals surface area (Å²) in [6, 6.07) is 1.65. The molecule has 0 bridgehead atoms. The van der Waals surface area contributed by atoms with Gasteiger partial charge in [0, 0.05) is 17.8 Å². The molecule has 1 aromatic heterocycles. The van der Waals surface area contributed by atoms with Crippen molar-refractivity contribution in [1.29, 1.82) is 0 Å². The van der Waals surface area contributed by atoms with Crippen LogP contribution in [0.2, 0.25) is 0 Å². The lowest BCUT2D eigenvalue weighted by molar-refractivity contribution is 0.178. The number of aromatic nitrogens is 1. The van der Waals surface area contributed by atoms with Gasteiger partial charge >= 0.3 is 0 Å². The zero-order valence-electron chi connectivity index (χ0n) is 7.42. The third kappa shape index (κ3) is 1.12. The molecule has 2 aliphatic heterocycles. The first-order valence-corrected chi connectivity index (χ1v) is 4.61. The Morgan fingerprint density at radius 1 is 1.53 bits per heavy atom. The van der Waals surface area contributed by atoms with Crippen LogP contribution in [-0.4, -0.2) is 10.1 Å². The van der Waals surface area contributed by atoms with E-state index in [1.165, 1.54) is 6.08 Å². The van der Waals surface area contributed by atoms with Crippen molar-refractivity contribution >= 4 is 17.3 Å². The largest absolute Gasteiger partial charge is 0.368 e. The number of hydrogen-bond acceptors (Lipinski definition) is 6. The number of aliphatic hydroxyl groups is 1. The van der Waals surface area contributed by atoms with Gasteiger partial charge in [-0.25, -0.2) is 5.01 Å². The average Bonchev–Trinajstić information content (AvgIpc) is 2.65. The van der Waals surface area contributed by atoms with Crippen molar-refractivity contribution < 1.29 is 5.11 Å². The van der Waals surface area contributed by atoms with Crippen molar-refractivity contribution in [3.63, 3.8) is 0 Å². The summed E-state index contributed by atoms with van der Waals surface area (Å²) in [5.74, 6) is 0.452. The predicted octanol–water partition coefficient (Wildman–Crippen LogP) is 1.01. The van der Waals surface area contributed by atoms with Gasteiger partial charge in [-0.2, -0.15) is 5.53 Å². The lowest BCUT2D eigenvalue weighted by Gasteiger charge is -2.30. The second kappa shape index (κ2) is 2.68. The predicted molar refractivity (Wildman–Crippen MR) is 52.5 cm³/mol. The highest BCUT2D eigenvalue weighted by atomic mass is 35.5. The number of nitrogens with one attached hydrogen (secondary N) is 1. The summed E-state index contributed by atoms with van der Waals surface area (Å²) >= 11 is 5.96. The first-order valence-electron chi connectivity index (χ1n) is 4.24. The number of rotatable bonds is 0. The van der Waals surface area contributed by atoms with Crippen LogP contribution in [0.5, 0.6) is 0 Å². The Morgan fingerprint density at radius 3 is 3.27 bits per heavy atom. The van der Waals surface area contributed by atoms with Gasteiger partial charge in [0.1, 0.15) is 0 Å². The van der Waals surface area contributed by atoms with E-state index in [2.05, 4.69) is 20.9 Å². The van der Waals surface area contributed by atoms with E-state index in [-0.39, 0.29) is 0 Å². The van der Waals surface area contributed by atoms with E-state index in [0.29, 0.717) is 17.1 Å². The Balaban J connectivity index is 2.24. The van der Waals surface area contributed by atoms with Gasteiger partial charge in [-0.1, -0.05) is 16.8 Å². The average molecular weight is 224 g/mol. The maximum Gasteiger partial charge on any atom is 0.189 e. The number of hydrogen-bond donors (Lipinski definition) is 2. The molecule has 15 heavy (non-hydrogen) atoms. The van der Waals surface area contributed by atoms with Crippen LogP contribution in [0.1, 0.15) is 5.56 Å². The van der Waals surface area contributed by atoms with Crippen LogP contribution in [0.15, 0.2) is 40.7 Å². The molecule has 6 nitrogen and oxygen atoms in total. The molecular weight excluding hydrogens is 218 g/mol. The summed E-state index contributed by atoms with van der Waals surface area (Å²) in [6.07, 6.45) is 4.56. The normalized spacial score (nSPS) is 26.8. The van der Waals surface area contributed by atoms with Gasteiger partial charge in [-0.15, -0.1) is 5.11 Å². The first-order chi connectivity index (χ1) is 7.18. The van der Waals surface area contributed by atoms with Crippen LogP contribution in [-0.2, 0) is 5.06 Å². The molecular formula is C8H6ClN5O. The van der Waals surface area contributed by atoms with Crippen molar-refractivity contribution in [2.24, 2.45) is 10.3 Å². The zero-order valence-corrected chi connectivity index (χ0v) is 8.18. The van der Waals surface area contributed by atoms with Gasteiger partial charge in [-0.3, -0.25) is 4.98 Å². The number of anilines is 1. The maximum absolute atomic E-state index is 9.98. The molecule has 0 amide bonds. The van der Waals surface area contributed by atoms with Crippen LogP contribution in [0.3, 0.4) is 0 Å². The van der Waals surface area contributed by atoms with E-state index in [4.69, 9.17) is 11.6 Å². The molecule has 76 valence electrons. The summed E-state index contributed by atoms with van der Waals surface area (Å²) in [4.78, 5) is 3.96. The van der Waals surface area contributed by atoms with E-state index in [9.17, 15) is 5.11 Å². The van der Waals surface area contributed by atoms with E-state index < -0.39 is 5.06 Å². The van der Waals surface area contributed by atoms with Crippen molar-refractivity contribution in [3.8, 4) is 0 Å². The van der Waals surface area contributed by atoms with E-state index >= 15 is 0 Å².